The number of aliphatic carboxylic acids is 1. The number of hydrogen-bond donors (Lipinski definition) is 2. The van der Waals surface area contributed by atoms with E-state index in [-0.39, 0.29) is 5.75 Å². The van der Waals surface area contributed by atoms with Crippen LogP contribution in [0.3, 0.4) is 0 Å². The van der Waals surface area contributed by atoms with Crippen molar-refractivity contribution >= 4 is 24.7 Å². The second-order valence-corrected chi connectivity index (χ2v) is 4.84. The molecular weight excluding hydrogens is 293 g/mol. The van der Waals surface area contributed by atoms with E-state index in [9.17, 15) is 18.0 Å². The lowest BCUT2D eigenvalue weighted by molar-refractivity contribution is -0.187. The fourth-order valence-corrected chi connectivity index (χ4v) is 2.35. The van der Waals surface area contributed by atoms with Gasteiger partial charge in [0.05, 0.1) is 5.57 Å². The minimum atomic E-state index is -4.79. The first-order valence-corrected chi connectivity index (χ1v) is 6.23. The van der Waals surface area contributed by atoms with Crippen LogP contribution in [-0.4, -0.2) is 23.4 Å². The van der Waals surface area contributed by atoms with Crippen molar-refractivity contribution in [1.82, 2.24) is 0 Å². The van der Waals surface area contributed by atoms with E-state index in [1.165, 1.54) is 6.07 Å². The molecule has 7 heteroatoms. The highest BCUT2D eigenvalue weighted by molar-refractivity contribution is 7.80. The van der Waals surface area contributed by atoms with E-state index >= 15 is 0 Å². The molecule has 1 aromatic rings. The Morgan fingerprint density at radius 3 is 2.60 bits per heavy atom. The quantitative estimate of drug-likeness (QED) is 0.824. The van der Waals surface area contributed by atoms with Gasteiger partial charge in [0.15, 0.2) is 0 Å². The lowest BCUT2D eigenvalue weighted by Crippen LogP contribution is -2.40. The fourth-order valence-electron chi connectivity index (χ4n) is 2.05. The number of rotatable bonds is 2. The molecule has 0 radical (unpaired) electrons. The van der Waals surface area contributed by atoms with Crippen LogP contribution in [0.1, 0.15) is 18.1 Å². The first kappa shape index (κ1) is 14.8. The molecule has 1 heterocycles. The second-order valence-electron chi connectivity index (χ2n) is 4.32. The molecule has 1 N–H and O–H groups in total. The predicted molar refractivity (Wildman–Crippen MR) is 69.2 cm³/mol. The molecule has 108 valence electrons. The summed E-state index contributed by atoms with van der Waals surface area (Å²) in [5, 5.41) is 8.93. The smallest absolute Gasteiger partial charge is 0.430 e. The molecule has 0 saturated heterocycles. The first-order chi connectivity index (χ1) is 9.24. The summed E-state index contributed by atoms with van der Waals surface area (Å²) < 4.78 is 43.7. The van der Waals surface area contributed by atoms with Gasteiger partial charge in [-0.2, -0.15) is 13.2 Å². The zero-order valence-electron chi connectivity index (χ0n) is 10.4. The Kier molecular flexibility index (Phi) is 3.73. The van der Waals surface area contributed by atoms with Gasteiger partial charge in [0.25, 0.3) is 0 Å². The molecule has 1 aromatic carbocycles. The standard InChI is InChI=1S/C13H11F3O3S/c1-2-6-3-8(20)4-7-5-9(12(17)18)11(13(14,15)16)19-10(6)7/h3-5,11,20H,2H2,1H3,(H,17,18). The van der Waals surface area contributed by atoms with Crippen LogP contribution in [-0.2, 0) is 11.2 Å². The number of fused-ring (bicyclic) bond motifs is 1. The van der Waals surface area contributed by atoms with Gasteiger partial charge in [-0.15, -0.1) is 12.6 Å². The van der Waals surface area contributed by atoms with Crippen molar-refractivity contribution in [3.63, 3.8) is 0 Å². The van der Waals surface area contributed by atoms with Gasteiger partial charge in [0, 0.05) is 10.5 Å². The Hall–Kier alpha value is -1.63. The van der Waals surface area contributed by atoms with Crippen LogP contribution in [0.15, 0.2) is 22.6 Å². The van der Waals surface area contributed by atoms with Crippen LogP contribution >= 0.6 is 12.6 Å². The summed E-state index contributed by atoms with van der Waals surface area (Å²) in [7, 11) is 0. The molecule has 3 nitrogen and oxygen atoms in total. The summed E-state index contributed by atoms with van der Waals surface area (Å²) in [4.78, 5) is 11.5. The van der Waals surface area contributed by atoms with E-state index in [0.29, 0.717) is 22.4 Å². The third-order valence-electron chi connectivity index (χ3n) is 2.93. The van der Waals surface area contributed by atoms with Gasteiger partial charge >= 0.3 is 12.1 Å². The van der Waals surface area contributed by atoms with Gasteiger partial charge in [-0.1, -0.05) is 6.92 Å². The van der Waals surface area contributed by atoms with Crippen molar-refractivity contribution in [2.45, 2.75) is 30.5 Å². The molecule has 0 spiro atoms. The number of aryl methyl sites for hydroxylation is 1. The maximum Gasteiger partial charge on any atom is 0.430 e. The van der Waals surface area contributed by atoms with Gasteiger partial charge in [0.2, 0.25) is 6.10 Å². The monoisotopic (exact) mass is 304 g/mol. The summed E-state index contributed by atoms with van der Waals surface area (Å²) in [6, 6.07) is 3.09. The number of carboxylic acid groups (broad SMARTS) is 1. The highest BCUT2D eigenvalue weighted by atomic mass is 32.1. The molecule has 0 aromatic heterocycles. The molecule has 0 saturated carbocycles. The van der Waals surface area contributed by atoms with Crippen LogP contribution < -0.4 is 4.74 Å². The van der Waals surface area contributed by atoms with Crippen molar-refractivity contribution in [2.24, 2.45) is 0 Å². The summed E-state index contributed by atoms with van der Waals surface area (Å²) >= 11 is 4.15. The third-order valence-corrected chi connectivity index (χ3v) is 3.19. The topological polar surface area (TPSA) is 46.5 Å². The lowest BCUT2D eigenvalue weighted by atomic mass is 9.98. The molecule has 2 rings (SSSR count). The van der Waals surface area contributed by atoms with Gasteiger partial charge in [-0.05, 0) is 30.2 Å². The van der Waals surface area contributed by atoms with Crippen molar-refractivity contribution < 1.29 is 27.8 Å². The maximum atomic E-state index is 12.9. The first-order valence-electron chi connectivity index (χ1n) is 5.78. The van der Waals surface area contributed by atoms with Crippen molar-refractivity contribution in [3.8, 4) is 5.75 Å². The zero-order valence-corrected chi connectivity index (χ0v) is 11.3. The lowest BCUT2D eigenvalue weighted by Gasteiger charge is -2.28. The van der Waals surface area contributed by atoms with Crippen molar-refractivity contribution in [1.29, 1.82) is 0 Å². The van der Waals surface area contributed by atoms with Gasteiger partial charge < -0.3 is 9.84 Å². The van der Waals surface area contributed by atoms with Gasteiger partial charge in [-0.3, -0.25) is 0 Å². The molecule has 0 aliphatic carbocycles. The Labute approximate surface area is 118 Å². The highest BCUT2D eigenvalue weighted by Crippen LogP contribution is 2.40. The highest BCUT2D eigenvalue weighted by Gasteiger charge is 2.48. The third kappa shape index (κ3) is 2.63. The average molecular weight is 304 g/mol. The van der Waals surface area contributed by atoms with Gasteiger partial charge in [0.1, 0.15) is 5.75 Å². The summed E-state index contributed by atoms with van der Waals surface area (Å²) in [5.74, 6) is -1.58. The summed E-state index contributed by atoms with van der Waals surface area (Å²) in [5.41, 5.74) is 0.0284. The number of ether oxygens (including phenoxy) is 1. The largest absolute Gasteiger partial charge is 0.478 e. The Morgan fingerprint density at radius 2 is 2.10 bits per heavy atom. The summed E-state index contributed by atoms with van der Waals surface area (Å²) in [6.07, 6.45) is -5.79. The van der Waals surface area contributed by atoms with Crippen molar-refractivity contribution in [3.05, 3.63) is 28.8 Å². The molecule has 1 aliphatic heterocycles. The molecule has 1 atom stereocenters. The Bertz CT molecular complexity index is 593. The molecule has 0 bridgehead atoms. The molecule has 0 fully saturated rings. The van der Waals surface area contributed by atoms with E-state index < -0.39 is 23.8 Å². The number of carboxylic acids is 1. The predicted octanol–water partition coefficient (Wildman–Crippen LogP) is 3.33. The Balaban J connectivity index is 2.62. The number of benzene rings is 1. The zero-order chi connectivity index (χ0) is 15.1. The molecule has 1 unspecified atom stereocenters. The number of carbonyl (C=O) groups is 1. The van der Waals surface area contributed by atoms with E-state index in [4.69, 9.17) is 9.84 Å². The number of thiol groups is 1. The van der Waals surface area contributed by atoms with Gasteiger partial charge in [-0.25, -0.2) is 4.79 Å². The van der Waals surface area contributed by atoms with Crippen LogP contribution in [0.2, 0.25) is 0 Å². The number of hydrogen-bond acceptors (Lipinski definition) is 3. The summed E-state index contributed by atoms with van der Waals surface area (Å²) in [6.45, 7) is 1.77. The van der Waals surface area contributed by atoms with Crippen molar-refractivity contribution in [2.75, 3.05) is 0 Å². The minimum absolute atomic E-state index is 0.0672. The van der Waals surface area contributed by atoms with Crippen LogP contribution in [0, 0.1) is 0 Å². The van der Waals surface area contributed by atoms with Crippen LogP contribution in [0.25, 0.3) is 6.08 Å². The average Bonchev–Trinajstić information content (AvgIpc) is 2.34. The molecular formula is C13H11F3O3S. The SMILES string of the molecule is CCc1cc(S)cc2c1OC(C(F)(F)F)C(C(=O)O)=C2. The fraction of sp³-hybridized carbons (Fsp3) is 0.308. The normalized spacial score (nSPS) is 18.1. The minimum Gasteiger partial charge on any atom is -0.478 e. The maximum absolute atomic E-state index is 12.9. The number of alkyl halides is 3. The molecule has 1 aliphatic rings. The van der Waals surface area contributed by atoms with E-state index in [1.54, 1.807) is 13.0 Å². The second kappa shape index (κ2) is 5.05. The van der Waals surface area contributed by atoms with E-state index in [0.717, 1.165) is 6.08 Å². The van der Waals surface area contributed by atoms with E-state index in [1.807, 2.05) is 0 Å². The molecule has 0 amide bonds. The molecule has 20 heavy (non-hydrogen) atoms. The van der Waals surface area contributed by atoms with E-state index in [2.05, 4.69) is 12.6 Å². The van der Waals surface area contributed by atoms with Crippen LogP contribution in [0.5, 0.6) is 5.75 Å². The Morgan fingerprint density at radius 1 is 1.45 bits per heavy atom. The number of halogens is 3. The van der Waals surface area contributed by atoms with Crippen LogP contribution in [0.4, 0.5) is 13.2 Å².